The van der Waals surface area contributed by atoms with E-state index in [1.54, 1.807) is 37.4 Å². The SMILES string of the molecule is Cc1cc(-c2ccc3ncc4ccc(=O)n(-c5cccc(C(F)(F)F)c5)c4c3n2)cnc1C#N. The molecule has 5 rings (SSSR count). The minimum Gasteiger partial charge on any atom is -0.275 e. The number of nitrogens with zero attached hydrogens (tertiary/aromatic N) is 5. The zero-order valence-corrected chi connectivity index (χ0v) is 17.6. The molecule has 4 heterocycles. The highest BCUT2D eigenvalue weighted by molar-refractivity contribution is 6.02. The van der Waals surface area contributed by atoms with Gasteiger partial charge in [0.25, 0.3) is 5.56 Å². The van der Waals surface area contributed by atoms with E-state index in [2.05, 4.69) is 9.97 Å². The smallest absolute Gasteiger partial charge is 0.275 e. The van der Waals surface area contributed by atoms with E-state index in [0.717, 1.165) is 12.1 Å². The lowest BCUT2D eigenvalue weighted by atomic mass is 10.1. The number of halogens is 3. The average molecular weight is 457 g/mol. The molecule has 0 fully saturated rings. The van der Waals surface area contributed by atoms with Crippen molar-refractivity contribution in [3.8, 4) is 23.0 Å². The molecule has 0 radical (unpaired) electrons. The summed E-state index contributed by atoms with van der Waals surface area (Å²) in [6, 6.07) is 14.7. The summed E-state index contributed by atoms with van der Waals surface area (Å²) >= 11 is 0. The fourth-order valence-electron chi connectivity index (χ4n) is 3.84. The molecule has 9 heteroatoms. The highest BCUT2D eigenvalue weighted by Gasteiger charge is 2.30. The maximum Gasteiger partial charge on any atom is 0.416 e. The van der Waals surface area contributed by atoms with Crippen LogP contribution in [0.1, 0.15) is 16.8 Å². The maximum absolute atomic E-state index is 13.3. The molecule has 0 spiro atoms. The Morgan fingerprint density at radius 1 is 1.00 bits per heavy atom. The van der Waals surface area contributed by atoms with Gasteiger partial charge < -0.3 is 0 Å². The molecule has 5 aromatic rings. The maximum atomic E-state index is 13.3. The number of fused-ring (bicyclic) bond motifs is 3. The summed E-state index contributed by atoms with van der Waals surface area (Å²) in [6.45, 7) is 1.76. The van der Waals surface area contributed by atoms with Crippen LogP contribution in [0.4, 0.5) is 13.2 Å². The van der Waals surface area contributed by atoms with Crippen LogP contribution in [0.15, 0.2) is 71.8 Å². The Hall–Kier alpha value is -4.58. The third-order valence-corrected chi connectivity index (χ3v) is 5.48. The van der Waals surface area contributed by atoms with Crippen molar-refractivity contribution in [2.45, 2.75) is 13.1 Å². The van der Waals surface area contributed by atoms with Gasteiger partial charge >= 0.3 is 6.18 Å². The van der Waals surface area contributed by atoms with Gasteiger partial charge in [-0.1, -0.05) is 6.07 Å². The zero-order valence-electron chi connectivity index (χ0n) is 17.6. The molecule has 0 amide bonds. The van der Waals surface area contributed by atoms with Crippen LogP contribution in [0.5, 0.6) is 0 Å². The van der Waals surface area contributed by atoms with Crippen molar-refractivity contribution in [1.29, 1.82) is 5.26 Å². The molecule has 0 bridgehead atoms. The highest BCUT2D eigenvalue weighted by Crippen LogP contribution is 2.32. The predicted molar refractivity (Wildman–Crippen MR) is 120 cm³/mol. The third-order valence-electron chi connectivity index (χ3n) is 5.48. The van der Waals surface area contributed by atoms with Gasteiger partial charge in [-0.3, -0.25) is 14.3 Å². The first-order valence-electron chi connectivity index (χ1n) is 10.1. The van der Waals surface area contributed by atoms with E-state index in [-0.39, 0.29) is 5.69 Å². The second-order valence-electron chi connectivity index (χ2n) is 7.68. The number of rotatable bonds is 2. The van der Waals surface area contributed by atoms with Crippen molar-refractivity contribution in [2.75, 3.05) is 0 Å². The van der Waals surface area contributed by atoms with Crippen molar-refractivity contribution < 1.29 is 13.2 Å². The van der Waals surface area contributed by atoms with E-state index in [0.29, 0.717) is 44.5 Å². The van der Waals surface area contributed by atoms with E-state index in [9.17, 15) is 18.0 Å². The minimum absolute atomic E-state index is 0.0704. The third kappa shape index (κ3) is 3.55. The highest BCUT2D eigenvalue weighted by atomic mass is 19.4. The van der Waals surface area contributed by atoms with Crippen LogP contribution >= 0.6 is 0 Å². The molecule has 0 saturated carbocycles. The van der Waals surface area contributed by atoms with Gasteiger partial charge in [-0.2, -0.15) is 18.4 Å². The largest absolute Gasteiger partial charge is 0.416 e. The van der Waals surface area contributed by atoms with Crippen molar-refractivity contribution in [3.63, 3.8) is 0 Å². The summed E-state index contributed by atoms with van der Waals surface area (Å²) < 4.78 is 41.2. The summed E-state index contributed by atoms with van der Waals surface area (Å²) in [5.74, 6) is 0. The number of aryl methyl sites for hydroxylation is 1. The van der Waals surface area contributed by atoms with Crippen LogP contribution in [-0.4, -0.2) is 19.5 Å². The van der Waals surface area contributed by atoms with Crippen molar-refractivity contribution >= 4 is 21.9 Å². The number of hydrogen-bond acceptors (Lipinski definition) is 5. The number of pyridine rings is 4. The van der Waals surface area contributed by atoms with Crippen LogP contribution in [0.25, 0.3) is 38.9 Å². The lowest BCUT2D eigenvalue weighted by Gasteiger charge is -2.14. The van der Waals surface area contributed by atoms with E-state index in [1.807, 2.05) is 6.07 Å². The molecular formula is C25H14F3N5O. The van der Waals surface area contributed by atoms with Crippen LogP contribution in [0.2, 0.25) is 0 Å². The Bertz CT molecular complexity index is 1700. The van der Waals surface area contributed by atoms with Crippen molar-refractivity contribution in [3.05, 3.63) is 94.2 Å². The molecule has 0 aliphatic carbocycles. The average Bonchev–Trinajstić information content (AvgIpc) is 2.83. The first kappa shape index (κ1) is 21.3. The van der Waals surface area contributed by atoms with Gasteiger partial charge in [0.05, 0.1) is 22.3 Å². The summed E-state index contributed by atoms with van der Waals surface area (Å²) in [4.78, 5) is 26.1. The Labute approximate surface area is 190 Å². The standard InChI is InChI=1S/C25H14F3N5O/c1-14-9-16(13-31-21(14)11-29)19-6-7-20-23(32-19)24-15(12-30-20)5-8-22(34)33(24)18-4-2-3-17(10-18)25(26,27)28/h2-10,12-13H,1H3. The quantitative estimate of drug-likeness (QED) is 0.341. The van der Waals surface area contributed by atoms with E-state index >= 15 is 0 Å². The van der Waals surface area contributed by atoms with Crippen molar-refractivity contribution in [1.82, 2.24) is 19.5 Å². The van der Waals surface area contributed by atoms with Gasteiger partial charge in [0.15, 0.2) is 0 Å². The fourth-order valence-corrected chi connectivity index (χ4v) is 3.84. The molecule has 0 saturated heterocycles. The summed E-state index contributed by atoms with van der Waals surface area (Å²) in [7, 11) is 0. The second-order valence-corrected chi connectivity index (χ2v) is 7.68. The zero-order chi connectivity index (χ0) is 24.0. The summed E-state index contributed by atoms with van der Waals surface area (Å²) in [5, 5.41) is 9.68. The first-order chi connectivity index (χ1) is 16.3. The number of nitriles is 1. The molecule has 0 unspecified atom stereocenters. The Kier molecular flexibility index (Phi) is 4.87. The van der Waals surface area contributed by atoms with Gasteiger partial charge in [0, 0.05) is 35.1 Å². The molecule has 4 aromatic heterocycles. The van der Waals surface area contributed by atoms with E-state index < -0.39 is 17.3 Å². The Balaban J connectivity index is 1.82. The van der Waals surface area contributed by atoms with Crippen molar-refractivity contribution in [2.24, 2.45) is 0 Å². The second kappa shape index (κ2) is 7.78. The molecule has 0 N–H and O–H groups in total. The van der Waals surface area contributed by atoms with Gasteiger partial charge in [0.1, 0.15) is 17.3 Å². The number of aromatic nitrogens is 4. The normalized spacial score (nSPS) is 11.6. The molecule has 0 aliphatic rings. The molecule has 34 heavy (non-hydrogen) atoms. The van der Waals surface area contributed by atoms with E-state index in [4.69, 9.17) is 10.2 Å². The Morgan fingerprint density at radius 2 is 1.82 bits per heavy atom. The summed E-state index contributed by atoms with van der Waals surface area (Å²) in [6.07, 6.45) is -1.48. The molecule has 0 aliphatic heterocycles. The first-order valence-corrected chi connectivity index (χ1v) is 10.1. The predicted octanol–water partition coefficient (Wildman–Crippen LogP) is 5.19. The number of hydrogen-bond donors (Lipinski definition) is 0. The minimum atomic E-state index is -4.56. The van der Waals surface area contributed by atoms with Crippen LogP contribution < -0.4 is 5.56 Å². The van der Waals surface area contributed by atoms with Gasteiger partial charge in [0.2, 0.25) is 0 Å². The van der Waals surface area contributed by atoms with Gasteiger partial charge in [-0.25, -0.2) is 9.97 Å². The molecular weight excluding hydrogens is 443 g/mol. The lowest BCUT2D eigenvalue weighted by molar-refractivity contribution is -0.137. The number of alkyl halides is 3. The van der Waals surface area contributed by atoms with Crippen LogP contribution in [0.3, 0.4) is 0 Å². The Morgan fingerprint density at radius 3 is 2.56 bits per heavy atom. The fraction of sp³-hybridized carbons (Fsp3) is 0.0800. The van der Waals surface area contributed by atoms with E-state index in [1.165, 1.54) is 29.0 Å². The monoisotopic (exact) mass is 457 g/mol. The lowest BCUT2D eigenvalue weighted by Crippen LogP contribution is -2.18. The van der Waals surface area contributed by atoms with Gasteiger partial charge in [-0.05, 0) is 55.0 Å². The van der Waals surface area contributed by atoms with Crippen LogP contribution in [-0.2, 0) is 6.18 Å². The number of benzene rings is 1. The molecule has 1 aromatic carbocycles. The molecule has 6 nitrogen and oxygen atoms in total. The molecule has 166 valence electrons. The topological polar surface area (TPSA) is 84.5 Å². The molecule has 0 atom stereocenters. The van der Waals surface area contributed by atoms with Crippen LogP contribution in [0, 0.1) is 18.3 Å². The van der Waals surface area contributed by atoms with Gasteiger partial charge in [-0.15, -0.1) is 0 Å². The summed E-state index contributed by atoms with van der Waals surface area (Å²) in [5.41, 5.74) is 2.04.